The maximum Gasteiger partial charge on any atom is 0.303 e. The van der Waals surface area contributed by atoms with Gasteiger partial charge in [-0.1, -0.05) is 51.9 Å². The number of aliphatic hydroxyl groups is 1. The fraction of sp³-hybridized carbons (Fsp3) is 0.895. The highest BCUT2D eigenvalue weighted by Gasteiger charge is 2.16. The van der Waals surface area contributed by atoms with Gasteiger partial charge in [-0.15, -0.1) is 0 Å². The molecule has 4 nitrogen and oxygen atoms in total. The largest absolute Gasteiger partial charge is 0.481 e. The van der Waals surface area contributed by atoms with Crippen molar-refractivity contribution in [2.75, 3.05) is 0 Å². The number of hydrogen-bond acceptors (Lipinski definition) is 3. The van der Waals surface area contributed by atoms with Gasteiger partial charge in [0.05, 0.1) is 6.10 Å². The molecule has 0 saturated heterocycles. The van der Waals surface area contributed by atoms with Crippen LogP contribution in [0.5, 0.6) is 0 Å². The third-order valence-corrected chi connectivity index (χ3v) is 4.51. The second-order valence-corrected chi connectivity index (χ2v) is 6.73. The van der Waals surface area contributed by atoms with E-state index in [1.807, 2.05) is 0 Å². The molecule has 0 aliphatic carbocycles. The van der Waals surface area contributed by atoms with Crippen LogP contribution < -0.4 is 0 Å². The molecule has 0 bridgehead atoms. The van der Waals surface area contributed by atoms with Crippen molar-refractivity contribution in [3.63, 3.8) is 0 Å². The molecule has 0 unspecified atom stereocenters. The number of carboxylic acid groups (broad SMARTS) is 1. The van der Waals surface area contributed by atoms with Crippen molar-refractivity contribution >= 4 is 11.8 Å². The van der Waals surface area contributed by atoms with Crippen molar-refractivity contribution < 1.29 is 19.8 Å². The number of hydrogen-bond donors (Lipinski definition) is 2. The molecule has 4 heteroatoms. The van der Waals surface area contributed by atoms with Gasteiger partial charge in [-0.3, -0.25) is 9.59 Å². The Bertz CT molecular complexity index is 314. The first-order valence-electron chi connectivity index (χ1n) is 9.37. The van der Waals surface area contributed by atoms with Crippen LogP contribution in [0.2, 0.25) is 0 Å². The molecule has 0 spiro atoms. The van der Waals surface area contributed by atoms with Crippen molar-refractivity contribution in [3.05, 3.63) is 0 Å². The highest BCUT2D eigenvalue weighted by molar-refractivity contribution is 5.78. The van der Waals surface area contributed by atoms with E-state index in [4.69, 9.17) is 5.11 Å². The summed E-state index contributed by atoms with van der Waals surface area (Å²) in [5.74, 6) is -0.465. The van der Waals surface area contributed by atoms with Gasteiger partial charge in [0.1, 0.15) is 5.78 Å². The molecule has 0 heterocycles. The molecule has 0 aromatic heterocycles. The lowest BCUT2D eigenvalue weighted by Crippen LogP contribution is -2.15. The summed E-state index contributed by atoms with van der Waals surface area (Å²) in [6, 6.07) is 0. The van der Waals surface area contributed by atoms with E-state index < -0.39 is 5.97 Å². The summed E-state index contributed by atoms with van der Waals surface area (Å²) in [4.78, 5) is 22.1. The van der Waals surface area contributed by atoms with Crippen molar-refractivity contribution in [1.82, 2.24) is 0 Å². The lowest BCUT2D eigenvalue weighted by atomic mass is 9.90. The molecular weight excluding hydrogens is 292 g/mol. The Hall–Kier alpha value is -0.900. The highest BCUT2D eigenvalue weighted by Crippen LogP contribution is 2.20. The summed E-state index contributed by atoms with van der Waals surface area (Å²) in [5, 5.41) is 18.6. The fourth-order valence-corrected chi connectivity index (χ4v) is 2.92. The van der Waals surface area contributed by atoms with Crippen molar-refractivity contribution in [2.24, 2.45) is 5.92 Å². The van der Waals surface area contributed by atoms with Gasteiger partial charge >= 0.3 is 5.97 Å². The highest BCUT2D eigenvalue weighted by atomic mass is 16.4. The number of carbonyl (C=O) groups is 2. The smallest absolute Gasteiger partial charge is 0.303 e. The second-order valence-electron chi connectivity index (χ2n) is 6.73. The minimum atomic E-state index is -0.737. The lowest BCUT2D eigenvalue weighted by molar-refractivity contribution is -0.137. The number of Topliss-reactive ketones (excluding diaryl/α,β-unsaturated/α-hetero) is 1. The van der Waals surface area contributed by atoms with E-state index in [2.05, 4.69) is 6.92 Å². The molecular formula is C19H36O4. The molecule has 23 heavy (non-hydrogen) atoms. The first-order valence-corrected chi connectivity index (χ1v) is 9.37. The molecule has 0 aliphatic rings. The zero-order valence-electron chi connectivity index (χ0n) is 15.1. The summed E-state index contributed by atoms with van der Waals surface area (Å²) in [5.41, 5.74) is 0. The van der Waals surface area contributed by atoms with Crippen LogP contribution in [-0.2, 0) is 9.59 Å². The van der Waals surface area contributed by atoms with Crippen LogP contribution in [0.25, 0.3) is 0 Å². The van der Waals surface area contributed by atoms with Gasteiger partial charge in [-0.25, -0.2) is 0 Å². The topological polar surface area (TPSA) is 74.6 Å². The van der Waals surface area contributed by atoms with Gasteiger partial charge in [0.25, 0.3) is 0 Å². The summed E-state index contributed by atoms with van der Waals surface area (Å²) in [6.07, 6.45) is 11.4. The van der Waals surface area contributed by atoms with Crippen LogP contribution in [0.1, 0.15) is 97.3 Å². The maximum atomic E-state index is 11.7. The summed E-state index contributed by atoms with van der Waals surface area (Å²) >= 11 is 0. The summed E-state index contributed by atoms with van der Waals surface area (Å²) < 4.78 is 0. The quantitative estimate of drug-likeness (QED) is 0.402. The first-order chi connectivity index (χ1) is 11.0. The Labute approximate surface area is 141 Å². The molecule has 0 aromatic carbocycles. The number of carbonyl (C=O) groups excluding carboxylic acids is 1. The summed E-state index contributed by atoms with van der Waals surface area (Å²) in [6.45, 7) is 3.82. The SMILES string of the molecule is CCCCCC[C@@H](O)CC[C@@H](CCCCCCC(=O)O)C(C)=O. The molecule has 0 rings (SSSR count). The van der Waals surface area contributed by atoms with Crippen molar-refractivity contribution in [3.8, 4) is 0 Å². The lowest BCUT2D eigenvalue weighted by Gasteiger charge is -2.16. The van der Waals surface area contributed by atoms with E-state index in [-0.39, 0.29) is 24.2 Å². The fourth-order valence-electron chi connectivity index (χ4n) is 2.92. The van der Waals surface area contributed by atoms with E-state index in [1.165, 1.54) is 19.3 Å². The Balaban J connectivity index is 3.76. The average Bonchev–Trinajstić information content (AvgIpc) is 2.49. The Morgan fingerprint density at radius 3 is 2.04 bits per heavy atom. The molecule has 0 radical (unpaired) electrons. The monoisotopic (exact) mass is 328 g/mol. The molecule has 0 amide bonds. The van der Waals surface area contributed by atoms with Crippen LogP contribution in [0, 0.1) is 5.92 Å². The van der Waals surface area contributed by atoms with Gasteiger partial charge in [0, 0.05) is 12.3 Å². The van der Waals surface area contributed by atoms with Gasteiger partial charge in [0.2, 0.25) is 0 Å². The van der Waals surface area contributed by atoms with Crippen LogP contribution in [0.15, 0.2) is 0 Å². The van der Waals surface area contributed by atoms with Gasteiger partial charge in [-0.2, -0.15) is 0 Å². The zero-order chi connectivity index (χ0) is 17.5. The van der Waals surface area contributed by atoms with E-state index in [9.17, 15) is 14.7 Å². The predicted molar refractivity (Wildman–Crippen MR) is 93.5 cm³/mol. The number of aliphatic hydroxyl groups excluding tert-OH is 1. The molecule has 136 valence electrons. The zero-order valence-corrected chi connectivity index (χ0v) is 15.1. The molecule has 2 N–H and O–H groups in total. The maximum absolute atomic E-state index is 11.7. The molecule has 0 fully saturated rings. The number of aliphatic carboxylic acids is 1. The normalized spacial score (nSPS) is 13.7. The molecule has 0 aromatic rings. The van der Waals surface area contributed by atoms with Crippen molar-refractivity contribution in [2.45, 2.75) is 103 Å². The first kappa shape index (κ1) is 22.1. The van der Waals surface area contributed by atoms with E-state index >= 15 is 0 Å². The second kappa shape index (κ2) is 14.7. The average molecular weight is 328 g/mol. The minimum absolute atomic E-state index is 0.0553. The van der Waals surface area contributed by atoms with Crippen LogP contribution in [0.3, 0.4) is 0 Å². The number of carboxylic acids is 1. The molecule has 0 aliphatic heterocycles. The Morgan fingerprint density at radius 1 is 0.826 bits per heavy atom. The van der Waals surface area contributed by atoms with Gasteiger partial charge < -0.3 is 10.2 Å². The van der Waals surface area contributed by atoms with Crippen LogP contribution >= 0.6 is 0 Å². The van der Waals surface area contributed by atoms with Crippen molar-refractivity contribution in [1.29, 1.82) is 0 Å². The number of rotatable bonds is 16. The number of ketones is 1. The van der Waals surface area contributed by atoms with Crippen LogP contribution in [0.4, 0.5) is 0 Å². The Kier molecular flexibility index (Phi) is 14.1. The van der Waals surface area contributed by atoms with E-state index in [0.29, 0.717) is 0 Å². The van der Waals surface area contributed by atoms with Crippen LogP contribution in [-0.4, -0.2) is 28.1 Å². The molecule has 0 saturated carbocycles. The standard InChI is InChI=1S/C19H36O4/c1-3-4-5-9-12-18(21)15-14-17(16(2)20)11-8-6-7-10-13-19(22)23/h17-18,21H,3-15H2,1-2H3,(H,22,23)/t17-,18-/m1/s1. The summed E-state index contributed by atoms with van der Waals surface area (Å²) in [7, 11) is 0. The van der Waals surface area contributed by atoms with E-state index in [1.54, 1.807) is 6.92 Å². The van der Waals surface area contributed by atoms with E-state index in [0.717, 1.165) is 57.8 Å². The third kappa shape index (κ3) is 14.4. The Morgan fingerprint density at radius 2 is 1.43 bits per heavy atom. The molecule has 2 atom stereocenters. The number of unbranched alkanes of at least 4 members (excludes halogenated alkanes) is 6. The van der Waals surface area contributed by atoms with Gasteiger partial charge in [-0.05, 0) is 39.0 Å². The predicted octanol–water partition coefficient (Wildman–Crippen LogP) is 4.73. The van der Waals surface area contributed by atoms with Gasteiger partial charge in [0.15, 0.2) is 0 Å². The minimum Gasteiger partial charge on any atom is -0.481 e. The third-order valence-electron chi connectivity index (χ3n) is 4.51.